The molecule has 5 rings (SSSR count). The van der Waals surface area contributed by atoms with Gasteiger partial charge in [-0.3, -0.25) is 9.25 Å². The van der Waals surface area contributed by atoms with Crippen LogP contribution in [0.3, 0.4) is 0 Å². The number of aryl methyl sites for hydroxylation is 2. The maximum Gasteiger partial charge on any atom is 0.388 e. The van der Waals surface area contributed by atoms with E-state index in [1.807, 2.05) is 0 Å². The number of nitrogens with zero attached hydrogens (tertiary/aromatic N) is 6. The van der Waals surface area contributed by atoms with Crippen LogP contribution in [-0.2, 0) is 25.1 Å². The molecule has 0 bridgehead atoms. The first-order valence-corrected chi connectivity index (χ1v) is 15.7. The second-order valence-electron chi connectivity index (χ2n) is 9.68. The third-order valence-corrected chi connectivity index (χ3v) is 8.22. The quantitative estimate of drug-likeness (QED) is 0.187. The molecule has 0 saturated heterocycles. The molecular formula is C23H28F4N6O3S2. The Bertz CT molecular complexity index is 1440. The van der Waals surface area contributed by atoms with E-state index >= 15 is 0 Å². The first-order chi connectivity index (χ1) is 18.0. The highest BCUT2D eigenvalue weighted by Gasteiger charge is 2.35. The van der Waals surface area contributed by atoms with Crippen LogP contribution in [0, 0.1) is 0 Å². The molecule has 0 radical (unpaired) electrons. The summed E-state index contributed by atoms with van der Waals surface area (Å²) in [4.78, 5) is 4.48. The molecule has 0 aliphatic carbocycles. The van der Waals surface area contributed by atoms with Crippen LogP contribution in [0.15, 0.2) is 11.7 Å². The number of alkyl halides is 4. The maximum absolute atomic E-state index is 14.4. The largest absolute Gasteiger partial charge is 0.477 e. The molecule has 0 N–H and O–H groups in total. The fourth-order valence-electron chi connectivity index (χ4n) is 4.38. The minimum absolute atomic E-state index is 0.00366. The Morgan fingerprint density at radius 2 is 1.95 bits per heavy atom. The molecule has 4 aromatic heterocycles. The van der Waals surface area contributed by atoms with Crippen molar-refractivity contribution in [3.63, 3.8) is 0 Å². The fourth-order valence-corrected chi connectivity index (χ4v) is 5.85. The van der Waals surface area contributed by atoms with Crippen molar-refractivity contribution in [3.8, 4) is 34.1 Å². The summed E-state index contributed by atoms with van der Waals surface area (Å²) in [5, 5.41) is 8.22. The van der Waals surface area contributed by atoms with Gasteiger partial charge in [-0.1, -0.05) is 0 Å². The van der Waals surface area contributed by atoms with Gasteiger partial charge in [0.2, 0.25) is 11.8 Å². The summed E-state index contributed by atoms with van der Waals surface area (Å²) in [6, 6.07) is 0. The van der Waals surface area contributed by atoms with Crippen LogP contribution >= 0.6 is 21.4 Å². The SMILES string of the molecule is Cn1cc(-c2c(-c3c(C(F)F)nn4c3OCCC4)n(COCCS(C)(C)C)c3ncsc23)c(OC(F)F)n1. The molecule has 0 aromatic carbocycles. The Morgan fingerprint density at radius 1 is 1.16 bits per heavy atom. The average molecular weight is 577 g/mol. The summed E-state index contributed by atoms with van der Waals surface area (Å²) in [5.74, 6) is 0.716. The van der Waals surface area contributed by atoms with E-state index in [1.54, 1.807) is 17.1 Å². The summed E-state index contributed by atoms with van der Waals surface area (Å²) in [6.07, 6.45) is 5.74. The van der Waals surface area contributed by atoms with E-state index in [9.17, 15) is 17.6 Å². The van der Waals surface area contributed by atoms with Gasteiger partial charge in [-0.2, -0.15) is 13.9 Å². The average Bonchev–Trinajstić information content (AvgIpc) is 3.57. The zero-order valence-electron chi connectivity index (χ0n) is 21.3. The fraction of sp³-hybridized carbons (Fsp3) is 0.522. The van der Waals surface area contributed by atoms with Gasteiger partial charge in [0.25, 0.3) is 6.43 Å². The van der Waals surface area contributed by atoms with Crippen molar-refractivity contribution in [2.75, 3.05) is 37.7 Å². The number of thiazole rings is 1. The van der Waals surface area contributed by atoms with Crippen molar-refractivity contribution >= 4 is 31.7 Å². The van der Waals surface area contributed by atoms with Gasteiger partial charge < -0.3 is 14.2 Å². The van der Waals surface area contributed by atoms with Crippen LogP contribution in [0.25, 0.3) is 32.7 Å². The predicted molar refractivity (Wildman–Crippen MR) is 139 cm³/mol. The van der Waals surface area contributed by atoms with Gasteiger partial charge in [-0.25, -0.2) is 28.5 Å². The van der Waals surface area contributed by atoms with Gasteiger partial charge in [0.05, 0.1) is 40.2 Å². The third-order valence-electron chi connectivity index (χ3n) is 5.99. The number of hydrogen-bond acceptors (Lipinski definition) is 7. The summed E-state index contributed by atoms with van der Waals surface area (Å²) < 4.78 is 77.1. The lowest BCUT2D eigenvalue weighted by Crippen LogP contribution is -2.15. The minimum atomic E-state index is -3.13. The van der Waals surface area contributed by atoms with Crippen molar-refractivity contribution in [1.82, 2.24) is 29.1 Å². The molecule has 5 heterocycles. The molecule has 1 aliphatic heterocycles. The summed E-state index contributed by atoms with van der Waals surface area (Å²) in [6.45, 7) is -1.92. The van der Waals surface area contributed by atoms with Gasteiger partial charge >= 0.3 is 6.61 Å². The standard InChI is InChI=1S/C23H28F4N6O3S2/c1-31-10-13(21(30-31)36-23(26)27)14-17(15-16(19(24)25)29-33-6-5-7-35-22(15)33)32(20-18(14)37-11-28-20)12-34-8-9-38(2,3)4/h10-11,19,23H,5-9,12H2,1-4H3. The van der Waals surface area contributed by atoms with E-state index in [2.05, 4.69) is 33.9 Å². The lowest BCUT2D eigenvalue weighted by atomic mass is 10.0. The number of fused-ring (bicyclic) bond motifs is 2. The molecule has 1 aliphatic rings. The normalized spacial score (nSPS) is 14.5. The van der Waals surface area contributed by atoms with E-state index in [-0.39, 0.29) is 35.3 Å². The van der Waals surface area contributed by atoms with Gasteiger partial charge in [0.15, 0.2) is 5.65 Å². The Hall–Kier alpha value is -2.78. The van der Waals surface area contributed by atoms with E-state index in [0.717, 1.165) is 5.75 Å². The van der Waals surface area contributed by atoms with Gasteiger partial charge in [-0.15, -0.1) is 16.4 Å². The number of aromatic nitrogens is 6. The van der Waals surface area contributed by atoms with E-state index in [0.29, 0.717) is 42.1 Å². The second-order valence-corrected chi connectivity index (χ2v) is 15.1. The van der Waals surface area contributed by atoms with Crippen molar-refractivity contribution < 1.29 is 31.8 Å². The molecule has 0 unspecified atom stereocenters. The lowest BCUT2D eigenvalue weighted by molar-refractivity contribution is -0.0527. The first kappa shape index (κ1) is 26.8. The molecule has 0 saturated carbocycles. The molecule has 9 nitrogen and oxygen atoms in total. The van der Waals surface area contributed by atoms with Crippen LogP contribution in [0.4, 0.5) is 17.6 Å². The number of hydrogen-bond donors (Lipinski definition) is 0. The van der Waals surface area contributed by atoms with Crippen molar-refractivity contribution in [3.05, 3.63) is 17.4 Å². The topological polar surface area (TPSA) is 81.2 Å². The third kappa shape index (κ3) is 5.10. The monoisotopic (exact) mass is 576 g/mol. The highest BCUT2D eigenvalue weighted by molar-refractivity contribution is 8.32. The van der Waals surface area contributed by atoms with E-state index in [4.69, 9.17) is 14.2 Å². The Kier molecular flexibility index (Phi) is 7.35. The van der Waals surface area contributed by atoms with Crippen molar-refractivity contribution in [2.45, 2.75) is 32.7 Å². The summed E-state index contributed by atoms with van der Waals surface area (Å²) in [7, 11) is 0.741. The van der Waals surface area contributed by atoms with Crippen LogP contribution in [0.5, 0.6) is 11.8 Å². The minimum Gasteiger partial charge on any atom is -0.477 e. The molecule has 0 atom stereocenters. The van der Waals surface area contributed by atoms with Crippen LogP contribution < -0.4 is 9.47 Å². The molecule has 4 aromatic rings. The van der Waals surface area contributed by atoms with Gasteiger partial charge in [-0.05, 0) is 18.8 Å². The van der Waals surface area contributed by atoms with Gasteiger partial charge in [0, 0.05) is 37.5 Å². The number of ether oxygens (including phenoxy) is 3. The first-order valence-electron chi connectivity index (χ1n) is 11.8. The van der Waals surface area contributed by atoms with Crippen LogP contribution in [-0.4, -0.2) is 73.5 Å². The molecule has 0 fully saturated rings. The molecule has 0 amide bonds. The van der Waals surface area contributed by atoms with Crippen LogP contribution in [0.1, 0.15) is 18.5 Å². The lowest BCUT2D eigenvalue weighted by Gasteiger charge is -2.24. The maximum atomic E-state index is 14.4. The molecule has 208 valence electrons. The highest BCUT2D eigenvalue weighted by atomic mass is 32.3. The zero-order valence-corrected chi connectivity index (χ0v) is 22.9. The predicted octanol–water partition coefficient (Wildman–Crippen LogP) is 5.35. The Labute approximate surface area is 221 Å². The smallest absolute Gasteiger partial charge is 0.388 e. The number of halogens is 4. The van der Waals surface area contributed by atoms with E-state index < -0.39 is 28.8 Å². The van der Waals surface area contributed by atoms with Crippen molar-refractivity contribution in [1.29, 1.82) is 0 Å². The van der Waals surface area contributed by atoms with E-state index in [1.165, 1.54) is 26.9 Å². The highest BCUT2D eigenvalue weighted by Crippen LogP contribution is 2.50. The van der Waals surface area contributed by atoms with Crippen molar-refractivity contribution in [2.24, 2.45) is 7.05 Å². The molecule has 0 spiro atoms. The zero-order chi connectivity index (χ0) is 27.2. The second kappa shape index (κ2) is 10.4. The van der Waals surface area contributed by atoms with Crippen LogP contribution in [0.2, 0.25) is 0 Å². The molecule has 38 heavy (non-hydrogen) atoms. The molecule has 15 heteroatoms. The Balaban J connectivity index is 1.76. The number of rotatable bonds is 10. The Morgan fingerprint density at radius 3 is 2.66 bits per heavy atom. The summed E-state index contributed by atoms with van der Waals surface area (Å²) in [5.41, 5.74) is 2.56. The molecular weight excluding hydrogens is 548 g/mol. The van der Waals surface area contributed by atoms with Gasteiger partial charge in [0.1, 0.15) is 12.4 Å². The summed E-state index contributed by atoms with van der Waals surface area (Å²) >= 11 is 1.25.